The molecule has 1 nitrogen and oxygen atoms in total. The molecule has 0 unspecified atom stereocenters. The normalized spacial score (nSPS) is 10.8. The van der Waals surface area contributed by atoms with Crippen LogP contribution < -0.4 is 5.73 Å². The first-order valence-corrected chi connectivity index (χ1v) is 6.81. The van der Waals surface area contributed by atoms with Crippen LogP contribution >= 0.6 is 58.0 Å². The van der Waals surface area contributed by atoms with Crippen molar-refractivity contribution in [2.45, 2.75) is 0 Å². The lowest BCUT2D eigenvalue weighted by Gasteiger charge is -2.14. The van der Waals surface area contributed by atoms with Crippen LogP contribution in [0.15, 0.2) is 18.2 Å². The van der Waals surface area contributed by atoms with E-state index in [1.165, 1.54) is 12.1 Å². The average Bonchev–Trinajstić information content (AvgIpc) is 2.39. The minimum Gasteiger partial charge on any atom is -0.396 e. The second-order valence-electron chi connectivity index (χ2n) is 3.65. The summed E-state index contributed by atoms with van der Waals surface area (Å²) in [7, 11) is 0. The lowest BCUT2D eigenvalue weighted by Crippen LogP contribution is -1.96. The lowest BCUT2D eigenvalue weighted by atomic mass is 10.0. The molecule has 0 aliphatic carbocycles. The first kappa shape index (κ1) is 15.0. The van der Waals surface area contributed by atoms with Gasteiger partial charge < -0.3 is 5.73 Å². The molecule has 19 heavy (non-hydrogen) atoms. The number of nitrogen functional groups attached to an aromatic ring is 1. The summed E-state index contributed by atoms with van der Waals surface area (Å²) in [4.78, 5) is 0. The Labute approximate surface area is 134 Å². The number of anilines is 1. The monoisotopic (exact) mass is 357 g/mol. The largest absolute Gasteiger partial charge is 0.396 e. The van der Waals surface area contributed by atoms with E-state index in [4.69, 9.17) is 63.7 Å². The Morgan fingerprint density at radius 2 is 1.26 bits per heavy atom. The highest BCUT2D eigenvalue weighted by molar-refractivity contribution is 6.56. The molecule has 7 heteroatoms. The van der Waals surface area contributed by atoms with E-state index in [-0.39, 0.29) is 36.4 Å². The molecule has 0 aliphatic heterocycles. The SMILES string of the molecule is Nc1c(F)cccc1-c1c(Cl)c(Cl)c(Cl)c(Cl)c1Cl. The first-order chi connectivity index (χ1) is 8.86. The Morgan fingerprint density at radius 3 is 1.79 bits per heavy atom. The van der Waals surface area contributed by atoms with Crippen molar-refractivity contribution in [2.24, 2.45) is 0 Å². The number of rotatable bonds is 1. The number of halogens is 6. The molecular formula is C12H5Cl5FN. The molecule has 0 bridgehead atoms. The minimum atomic E-state index is -0.591. The zero-order valence-corrected chi connectivity index (χ0v) is 12.9. The van der Waals surface area contributed by atoms with Gasteiger partial charge in [0.2, 0.25) is 0 Å². The third-order valence-corrected chi connectivity index (χ3v) is 4.81. The van der Waals surface area contributed by atoms with Crippen LogP contribution in [0.4, 0.5) is 10.1 Å². The van der Waals surface area contributed by atoms with Crippen LogP contribution in [-0.4, -0.2) is 0 Å². The summed E-state index contributed by atoms with van der Waals surface area (Å²) in [5, 5.41) is 0.251. The van der Waals surface area contributed by atoms with Gasteiger partial charge >= 0.3 is 0 Å². The van der Waals surface area contributed by atoms with Crippen LogP contribution in [-0.2, 0) is 0 Å². The van der Waals surface area contributed by atoms with Crippen molar-refractivity contribution >= 4 is 63.7 Å². The molecule has 0 radical (unpaired) electrons. The lowest BCUT2D eigenvalue weighted by molar-refractivity contribution is 0.633. The summed E-state index contributed by atoms with van der Waals surface area (Å²) in [6, 6.07) is 4.26. The molecule has 0 spiro atoms. The van der Waals surface area contributed by atoms with Crippen molar-refractivity contribution < 1.29 is 4.39 Å². The van der Waals surface area contributed by atoms with Crippen molar-refractivity contribution in [3.63, 3.8) is 0 Å². The Morgan fingerprint density at radius 1 is 0.789 bits per heavy atom. The van der Waals surface area contributed by atoms with Gasteiger partial charge in [-0.3, -0.25) is 0 Å². The third kappa shape index (κ3) is 2.48. The zero-order valence-electron chi connectivity index (χ0n) is 9.08. The van der Waals surface area contributed by atoms with E-state index >= 15 is 0 Å². The van der Waals surface area contributed by atoms with E-state index in [9.17, 15) is 4.39 Å². The summed E-state index contributed by atoms with van der Waals surface area (Å²) < 4.78 is 13.5. The van der Waals surface area contributed by atoms with Crippen molar-refractivity contribution in [1.82, 2.24) is 0 Å². The van der Waals surface area contributed by atoms with E-state index < -0.39 is 5.82 Å². The summed E-state index contributed by atoms with van der Waals surface area (Å²) in [5.74, 6) is -0.591. The maximum atomic E-state index is 13.5. The van der Waals surface area contributed by atoms with Crippen molar-refractivity contribution in [3.05, 3.63) is 49.1 Å². The molecule has 0 aliphatic rings. The van der Waals surface area contributed by atoms with Crippen LogP contribution in [0, 0.1) is 5.82 Å². The predicted molar refractivity (Wildman–Crippen MR) is 81.3 cm³/mol. The molecule has 0 saturated carbocycles. The van der Waals surface area contributed by atoms with Gasteiger partial charge in [-0.2, -0.15) is 0 Å². The maximum Gasteiger partial charge on any atom is 0.146 e. The molecule has 0 aromatic heterocycles. The second kappa shape index (κ2) is 5.55. The molecule has 0 saturated heterocycles. The van der Waals surface area contributed by atoms with Gasteiger partial charge in [0.1, 0.15) is 5.82 Å². The van der Waals surface area contributed by atoms with Crippen molar-refractivity contribution in [1.29, 1.82) is 0 Å². The highest BCUT2D eigenvalue weighted by Crippen LogP contribution is 2.49. The van der Waals surface area contributed by atoms with Crippen LogP contribution in [0.5, 0.6) is 0 Å². The molecule has 2 rings (SSSR count). The van der Waals surface area contributed by atoms with Gasteiger partial charge in [0.05, 0.1) is 30.8 Å². The van der Waals surface area contributed by atoms with E-state index in [0.717, 1.165) is 0 Å². The molecule has 0 heterocycles. The highest BCUT2D eigenvalue weighted by Gasteiger charge is 2.22. The number of para-hydroxylation sites is 1. The summed E-state index contributed by atoms with van der Waals surface area (Å²) >= 11 is 30.0. The van der Waals surface area contributed by atoms with Gasteiger partial charge in [0.25, 0.3) is 0 Å². The summed E-state index contributed by atoms with van der Waals surface area (Å²) in [5.41, 5.74) is 6.13. The van der Waals surface area contributed by atoms with Gasteiger partial charge in [0.15, 0.2) is 0 Å². The predicted octanol–water partition coefficient (Wildman–Crippen LogP) is 6.34. The fraction of sp³-hybridized carbons (Fsp3) is 0. The van der Waals surface area contributed by atoms with E-state index in [1.54, 1.807) is 6.07 Å². The second-order valence-corrected chi connectivity index (χ2v) is 5.54. The van der Waals surface area contributed by atoms with Gasteiger partial charge in [0, 0.05) is 11.1 Å². The molecule has 100 valence electrons. The van der Waals surface area contributed by atoms with Crippen LogP contribution in [0.25, 0.3) is 11.1 Å². The fourth-order valence-electron chi connectivity index (χ4n) is 1.60. The van der Waals surface area contributed by atoms with Crippen molar-refractivity contribution in [3.8, 4) is 11.1 Å². The number of nitrogens with two attached hydrogens (primary N) is 1. The van der Waals surface area contributed by atoms with Gasteiger partial charge in [-0.05, 0) is 6.07 Å². The smallest absolute Gasteiger partial charge is 0.146 e. The molecule has 0 fully saturated rings. The van der Waals surface area contributed by atoms with Crippen LogP contribution in [0.2, 0.25) is 25.1 Å². The summed E-state index contributed by atoms with van der Waals surface area (Å²) in [6.45, 7) is 0. The van der Waals surface area contributed by atoms with E-state index in [2.05, 4.69) is 0 Å². The molecule has 2 N–H and O–H groups in total. The molecule has 0 atom stereocenters. The van der Waals surface area contributed by atoms with E-state index in [1.807, 2.05) is 0 Å². The number of hydrogen-bond acceptors (Lipinski definition) is 1. The Hall–Kier alpha value is -0.380. The minimum absolute atomic E-state index is 0.0383. The Bertz CT molecular complexity index is 643. The highest BCUT2D eigenvalue weighted by atomic mass is 35.5. The van der Waals surface area contributed by atoms with Gasteiger partial charge in [-0.25, -0.2) is 4.39 Å². The molecule has 2 aromatic rings. The quantitative estimate of drug-likeness (QED) is 0.359. The first-order valence-electron chi connectivity index (χ1n) is 4.92. The topological polar surface area (TPSA) is 26.0 Å². The Balaban J connectivity index is 2.87. The Kier molecular flexibility index (Phi) is 4.38. The van der Waals surface area contributed by atoms with Gasteiger partial charge in [-0.1, -0.05) is 70.1 Å². The average molecular weight is 359 g/mol. The zero-order chi connectivity index (χ0) is 14.3. The summed E-state index contributed by atoms with van der Waals surface area (Å²) in [6.07, 6.45) is 0. The molecular weight excluding hydrogens is 354 g/mol. The standard InChI is InChI=1S/C12H5Cl5FN/c13-7-6(4-2-1-3-5(18)12(4)19)8(14)10(16)11(17)9(7)15/h1-3H,19H2. The third-order valence-electron chi connectivity index (χ3n) is 2.53. The molecule has 0 amide bonds. The fourth-order valence-corrected chi connectivity index (χ4v) is 2.94. The van der Waals surface area contributed by atoms with Crippen molar-refractivity contribution in [2.75, 3.05) is 5.73 Å². The van der Waals surface area contributed by atoms with Crippen LogP contribution in [0.1, 0.15) is 0 Å². The number of hydrogen-bond donors (Lipinski definition) is 1. The molecule has 2 aromatic carbocycles. The van der Waals surface area contributed by atoms with Gasteiger partial charge in [-0.15, -0.1) is 0 Å². The number of benzene rings is 2. The maximum absolute atomic E-state index is 13.5. The van der Waals surface area contributed by atoms with Crippen LogP contribution in [0.3, 0.4) is 0 Å². The van der Waals surface area contributed by atoms with E-state index in [0.29, 0.717) is 5.56 Å².